The van der Waals surface area contributed by atoms with Crippen LogP contribution in [-0.4, -0.2) is 43.0 Å². The minimum absolute atomic E-state index is 0.119. The number of carbonyl (C=O) groups excluding carboxylic acids is 1. The molecule has 0 heterocycles. The number of amides is 1. The third kappa shape index (κ3) is 7.65. The topological polar surface area (TPSA) is 149 Å². The summed E-state index contributed by atoms with van der Waals surface area (Å²) in [6.07, 6.45) is 1.41. The highest BCUT2D eigenvalue weighted by atomic mass is 32.2. The minimum atomic E-state index is -4.42. The lowest BCUT2D eigenvalue weighted by Gasteiger charge is -2.22. The molecule has 0 aliphatic heterocycles. The molecule has 0 aliphatic rings. The molecule has 2 aromatic rings. The van der Waals surface area contributed by atoms with Crippen LogP contribution in [-0.2, 0) is 24.3 Å². The molecule has 0 saturated heterocycles. The first-order valence-electron chi connectivity index (χ1n) is 9.24. The Morgan fingerprint density at radius 3 is 2.59 bits per heavy atom. The lowest BCUT2D eigenvalue weighted by molar-refractivity contribution is -0.432. The fourth-order valence-corrected chi connectivity index (χ4v) is 3.63. The normalized spacial score (nSPS) is 11.6. The van der Waals surface area contributed by atoms with Crippen molar-refractivity contribution in [3.05, 3.63) is 59.7 Å². The SMILES string of the molecule is CCN(CCSOOO)c1ccc(C=C(C#N)C(=O)Nc2cccc(S(=O)(=O)O)c2)cc1. The van der Waals surface area contributed by atoms with Gasteiger partial charge in [0.15, 0.2) is 0 Å². The molecule has 0 radical (unpaired) electrons. The van der Waals surface area contributed by atoms with E-state index in [9.17, 15) is 18.5 Å². The highest BCUT2D eigenvalue weighted by Crippen LogP contribution is 2.19. The Morgan fingerprint density at radius 2 is 2.00 bits per heavy atom. The Labute approximate surface area is 189 Å². The van der Waals surface area contributed by atoms with E-state index in [1.54, 1.807) is 12.1 Å². The van der Waals surface area contributed by atoms with E-state index in [2.05, 4.69) is 19.6 Å². The summed E-state index contributed by atoms with van der Waals surface area (Å²) in [7, 11) is -4.42. The molecule has 1 amide bonds. The predicted molar refractivity (Wildman–Crippen MR) is 120 cm³/mol. The molecule has 10 nitrogen and oxygen atoms in total. The lowest BCUT2D eigenvalue weighted by Crippen LogP contribution is -2.25. The fourth-order valence-electron chi connectivity index (χ4n) is 2.70. The summed E-state index contributed by atoms with van der Waals surface area (Å²) in [5, 5.41) is 23.5. The Morgan fingerprint density at radius 1 is 1.28 bits per heavy atom. The molecule has 0 fully saturated rings. The van der Waals surface area contributed by atoms with Gasteiger partial charge in [-0.3, -0.25) is 9.35 Å². The predicted octanol–water partition coefficient (Wildman–Crippen LogP) is 3.37. The summed E-state index contributed by atoms with van der Waals surface area (Å²) in [6, 6.07) is 14.1. The van der Waals surface area contributed by atoms with Crippen molar-refractivity contribution in [3.8, 4) is 6.07 Å². The summed E-state index contributed by atoms with van der Waals surface area (Å²) in [5.41, 5.74) is 1.48. The number of anilines is 2. The summed E-state index contributed by atoms with van der Waals surface area (Å²) in [5.74, 6) is -0.171. The maximum absolute atomic E-state index is 12.4. The van der Waals surface area contributed by atoms with Gasteiger partial charge in [0.25, 0.3) is 16.0 Å². The second kappa shape index (κ2) is 12.2. The first-order chi connectivity index (χ1) is 15.3. The van der Waals surface area contributed by atoms with E-state index < -0.39 is 16.0 Å². The quantitative estimate of drug-likeness (QED) is 0.0832. The van der Waals surface area contributed by atoms with Crippen molar-refractivity contribution in [1.82, 2.24) is 0 Å². The zero-order valence-corrected chi connectivity index (χ0v) is 18.6. The van der Waals surface area contributed by atoms with Gasteiger partial charge in [0.1, 0.15) is 11.6 Å². The van der Waals surface area contributed by atoms with Gasteiger partial charge in [-0.15, -0.1) is 4.33 Å². The van der Waals surface area contributed by atoms with Gasteiger partial charge < -0.3 is 10.2 Å². The van der Waals surface area contributed by atoms with Crippen molar-refractivity contribution in [1.29, 1.82) is 5.26 Å². The molecule has 0 saturated carbocycles. The summed E-state index contributed by atoms with van der Waals surface area (Å²) >= 11 is 0.961. The van der Waals surface area contributed by atoms with Crippen LogP contribution in [0.1, 0.15) is 12.5 Å². The molecular weight excluding hydrogens is 458 g/mol. The average molecular weight is 480 g/mol. The summed E-state index contributed by atoms with van der Waals surface area (Å²) in [4.78, 5) is 14.1. The zero-order valence-electron chi connectivity index (χ0n) is 17.0. The van der Waals surface area contributed by atoms with Gasteiger partial charge in [-0.05, 0) is 48.9 Å². The number of nitrogens with one attached hydrogen (secondary N) is 1. The van der Waals surface area contributed by atoms with Gasteiger partial charge in [0.2, 0.25) is 0 Å². The van der Waals surface area contributed by atoms with Crippen molar-refractivity contribution in [3.63, 3.8) is 0 Å². The van der Waals surface area contributed by atoms with Crippen LogP contribution in [0.3, 0.4) is 0 Å². The maximum atomic E-state index is 12.4. The highest BCUT2D eigenvalue weighted by molar-refractivity contribution is 7.94. The molecular formula is C20H21N3O7S2. The molecule has 0 bridgehead atoms. The number of hydrogen-bond donors (Lipinski definition) is 3. The van der Waals surface area contributed by atoms with Crippen LogP contribution in [0.5, 0.6) is 0 Å². The third-order valence-electron chi connectivity index (χ3n) is 4.23. The molecule has 0 spiro atoms. The van der Waals surface area contributed by atoms with Crippen LogP contribution < -0.4 is 10.2 Å². The molecule has 2 rings (SSSR count). The average Bonchev–Trinajstić information content (AvgIpc) is 2.77. The van der Waals surface area contributed by atoms with E-state index in [1.165, 1.54) is 24.3 Å². The third-order valence-corrected chi connectivity index (χ3v) is 5.58. The number of rotatable bonds is 11. The van der Waals surface area contributed by atoms with Gasteiger partial charge in [-0.2, -0.15) is 13.7 Å². The van der Waals surface area contributed by atoms with E-state index >= 15 is 0 Å². The Kier molecular flexibility index (Phi) is 9.66. The van der Waals surface area contributed by atoms with E-state index in [-0.39, 0.29) is 16.2 Å². The van der Waals surface area contributed by atoms with Gasteiger partial charge in [-0.1, -0.05) is 23.2 Å². The first kappa shape index (κ1) is 25.3. The number of hydrogen-bond acceptors (Lipinski definition) is 9. The lowest BCUT2D eigenvalue weighted by atomic mass is 10.1. The van der Waals surface area contributed by atoms with Crippen molar-refractivity contribution in [2.45, 2.75) is 11.8 Å². The van der Waals surface area contributed by atoms with Gasteiger partial charge in [0, 0.05) is 42.3 Å². The molecule has 2 aromatic carbocycles. The summed E-state index contributed by atoms with van der Waals surface area (Å²) in [6.45, 7) is 3.34. The molecule has 0 unspecified atom stereocenters. The molecule has 0 aromatic heterocycles. The Bertz CT molecular complexity index is 1100. The fraction of sp³-hybridized carbons (Fsp3) is 0.200. The highest BCUT2D eigenvalue weighted by Gasteiger charge is 2.13. The number of benzene rings is 2. The second-order valence-corrected chi connectivity index (χ2v) is 8.46. The smallest absolute Gasteiger partial charge is 0.294 e. The molecule has 12 heteroatoms. The summed E-state index contributed by atoms with van der Waals surface area (Å²) < 4.78 is 36.0. The van der Waals surface area contributed by atoms with Crippen LogP contribution in [0.25, 0.3) is 6.08 Å². The van der Waals surface area contributed by atoms with Crippen molar-refractivity contribution in [2.24, 2.45) is 0 Å². The number of carbonyl (C=O) groups is 1. The maximum Gasteiger partial charge on any atom is 0.294 e. The Hall–Kier alpha value is -2.92. The van der Waals surface area contributed by atoms with Crippen LogP contribution >= 0.6 is 12.0 Å². The van der Waals surface area contributed by atoms with Crippen LogP contribution in [0.2, 0.25) is 0 Å². The van der Waals surface area contributed by atoms with Gasteiger partial charge in [-0.25, -0.2) is 5.26 Å². The van der Waals surface area contributed by atoms with E-state index in [4.69, 9.17) is 9.81 Å². The molecule has 0 atom stereocenters. The van der Waals surface area contributed by atoms with E-state index in [0.717, 1.165) is 30.3 Å². The standard InChI is InChI=1S/C20H21N3O7S2/c1-2-23(10-11-31-30-29-25)18-8-6-15(7-9-18)12-16(14-21)20(24)22-17-4-3-5-19(13-17)32(26,27)28/h3-9,12-13,25H,2,10-11H2,1H3,(H,22,24)(H,26,27,28). The van der Waals surface area contributed by atoms with Crippen molar-refractivity contribution < 1.29 is 32.4 Å². The van der Waals surface area contributed by atoms with Crippen molar-refractivity contribution >= 4 is 45.5 Å². The molecule has 0 aliphatic carbocycles. The minimum Gasteiger partial charge on any atom is -0.371 e. The Balaban J connectivity index is 2.11. The molecule has 3 N–H and O–H groups in total. The number of nitriles is 1. The zero-order chi connectivity index (χ0) is 23.6. The van der Waals surface area contributed by atoms with Crippen LogP contribution in [0.15, 0.2) is 59.0 Å². The van der Waals surface area contributed by atoms with Gasteiger partial charge in [0.05, 0.1) is 4.90 Å². The largest absolute Gasteiger partial charge is 0.371 e. The first-order valence-corrected chi connectivity index (χ1v) is 11.6. The van der Waals surface area contributed by atoms with E-state index in [1.807, 2.05) is 25.1 Å². The van der Waals surface area contributed by atoms with Crippen LogP contribution in [0, 0.1) is 11.3 Å². The molecule has 32 heavy (non-hydrogen) atoms. The van der Waals surface area contributed by atoms with E-state index in [0.29, 0.717) is 17.9 Å². The molecule has 170 valence electrons. The van der Waals surface area contributed by atoms with Crippen LogP contribution in [0.4, 0.5) is 11.4 Å². The number of nitrogens with zero attached hydrogens (tertiary/aromatic N) is 2. The van der Waals surface area contributed by atoms with Crippen molar-refractivity contribution in [2.75, 3.05) is 29.1 Å². The second-order valence-electron chi connectivity index (χ2n) is 6.26. The van der Waals surface area contributed by atoms with Gasteiger partial charge >= 0.3 is 0 Å². The monoisotopic (exact) mass is 479 g/mol.